The van der Waals surface area contributed by atoms with E-state index in [-0.39, 0.29) is 5.91 Å². The molecule has 0 aliphatic heterocycles. The van der Waals surface area contributed by atoms with Gasteiger partial charge >= 0.3 is 0 Å². The highest BCUT2D eigenvalue weighted by Crippen LogP contribution is 2.26. The average Bonchev–Trinajstić information content (AvgIpc) is 2.48. The minimum atomic E-state index is -0.0132. The first-order chi connectivity index (χ1) is 10.1. The first-order valence-corrected chi connectivity index (χ1v) is 8.21. The summed E-state index contributed by atoms with van der Waals surface area (Å²) >= 11 is 3.44. The quantitative estimate of drug-likeness (QED) is 0.826. The van der Waals surface area contributed by atoms with E-state index in [2.05, 4.69) is 28.2 Å². The Balaban J connectivity index is 1.94. The van der Waals surface area contributed by atoms with Gasteiger partial charge in [0, 0.05) is 12.1 Å². The minimum absolute atomic E-state index is 0.0132. The van der Waals surface area contributed by atoms with Gasteiger partial charge in [-0.3, -0.25) is 4.79 Å². The van der Waals surface area contributed by atoms with Crippen molar-refractivity contribution < 1.29 is 9.53 Å². The smallest absolute Gasteiger partial charge is 0.244 e. The van der Waals surface area contributed by atoms with Crippen molar-refractivity contribution in [2.24, 2.45) is 5.92 Å². The lowest BCUT2D eigenvalue weighted by atomic mass is 9.86. The number of carbonyl (C=O) groups excluding carboxylic acids is 1. The van der Waals surface area contributed by atoms with E-state index in [0.717, 1.165) is 22.2 Å². The van der Waals surface area contributed by atoms with E-state index in [0.29, 0.717) is 12.0 Å². The summed E-state index contributed by atoms with van der Waals surface area (Å²) in [6.07, 6.45) is 8.23. The number of hydrogen-bond acceptors (Lipinski definition) is 2. The molecule has 1 aromatic rings. The molecule has 0 spiro atoms. The molecule has 4 heteroatoms. The van der Waals surface area contributed by atoms with Gasteiger partial charge in [0.2, 0.25) is 5.91 Å². The van der Waals surface area contributed by atoms with Crippen LogP contribution >= 0.6 is 15.9 Å². The Kier molecular flexibility index (Phi) is 5.85. The maximum atomic E-state index is 12.0. The normalized spacial score (nSPS) is 22.2. The van der Waals surface area contributed by atoms with Gasteiger partial charge in [-0.1, -0.05) is 25.8 Å². The lowest BCUT2D eigenvalue weighted by Crippen LogP contribution is -2.40. The molecule has 1 amide bonds. The van der Waals surface area contributed by atoms with Crippen LogP contribution in [-0.2, 0) is 4.79 Å². The number of nitrogens with one attached hydrogen (secondary N) is 1. The van der Waals surface area contributed by atoms with Gasteiger partial charge in [-0.25, -0.2) is 0 Å². The fourth-order valence-electron chi connectivity index (χ4n) is 2.72. The molecule has 1 aliphatic carbocycles. The van der Waals surface area contributed by atoms with Crippen molar-refractivity contribution >= 4 is 27.9 Å². The highest BCUT2D eigenvalue weighted by Gasteiger charge is 2.21. The molecule has 1 N–H and O–H groups in total. The molecule has 2 atom stereocenters. The number of rotatable bonds is 4. The molecular formula is C17H22BrNO2. The highest BCUT2D eigenvalue weighted by atomic mass is 79.9. The Morgan fingerprint density at radius 2 is 2.14 bits per heavy atom. The summed E-state index contributed by atoms with van der Waals surface area (Å²) < 4.78 is 6.07. The number of benzene rings is 1. The maximum Gasteiger partial charge on any atom is 0.244 e. The summed E-state index contributed by atoms with van der Waals surface area (Å²) in [7, 11) is 1.63. The Hall–Kier alpha value is -1.29. The summed E-state index contributed by atoms with van der Waals surface area (Å²) in [6.45, 7) is 2.22. The van der Waals surface area contributed by atoms with Crippen LogP contribution in [0.1, 0.15) is 38.2 Å². The van der Waals surface area contributed by atoms with Crippen molar-refractivity contribution in [3.8, 4) is 5.75 Å². The van der Waals surface area contributed by atoms with Gasteiger partial charge in [-0.15, -0.1) is 0 Å². The van der Waals surface area contributed by atoms with E-state index >= 15 is 0 Å². The Bertz CT molecular complexity index is 528. The highest BCUT2D eigenvalue weighted by molar-refractivity contribution is 9.10. The Morgan fingerprint density at radius 1 is 1.38 bits per heavy atom. The van der Waals surface area contributed by atoms with Crippen LogP contribution in [-0.4, -0.2) is 19.1 Å². The molecular weight excluding hydrogens is 330 g/mol. The van der Waals surface area contributed by atoms with E-state index < -0.39 is 0 Å². The maximum absolute atomic E-state index is 12.0. The first-order valence-electron chi connectivity index (χ1n) is 7.42. The van der Waals surface area contributed by atoms with Gasteiger partial charge in [0.15, 0.2) is 0 Å². The van der Waals surface area contributed by atoms with Crippen LogP contribution in [0.15, 0.2) is 28.7 Å². The number of ether oxygens (including phenoxy) is 1. The predicted octanol–water partition coefficient (Wildman–Crippen LogP) is 4.17. The lowest BCUT2D eigenvalue weighted by Gasteiger charge is -2.29. The van der Waals surface area contributed by atoms with Crippen molar-refractivity contribution in [2.45, 2.75) is 38.6 Å². The molecule has 1 fully saturated rings. The molecule has 0 heterocycles. The van der Waals surface area contributed by atoms with Gasteiger partial charge in [-0.2, -0.15) is 0 Å². The Morgan fingerprint density at radius 3 is 2.81 bits per heavy atom. The molecule has 114 valence electrons. The van der Waals surface area contributed by atoms with Gasteiger partial charge in [-0.05, 0) is 58.5 Å². The second kappa shape index (κ2) is 7.64. The van der Waals surface area contributed by atoms with Crippen LogP contribution in [0.4, 0.5) is 0 Å². The molecule has 1 aromatic carbocycles. The summed E-state index contributed by atoms with van der Waals surface area (Å²) in [5.74, 6) is 1.35. The second-order valence-corrected chi connectivity index (χ2v) is 6.46. The van der Waals surface area contributed by atoms with Gasteiger partial charge in [0.05, 0.1) is 11.6 Å². The summed E-state index contributed by atoms with van der Waals surface area (Å²) in [6, 6.07) is 6.06. The van der Waals surface area contributed by atoms with Crippen molar-refractivity contribution in [1.29, 1.82) is 0 Å². The minimum Gasteiger partial charge on any atom is -0.496 e. The zero-order valence-electron chi connectivity index (χ0n) is 12.6. The number of hydrogen-bond donors (Lipinski definition) is 1. The number of carbonyl (C=O) groups is 1. The lowest BCUT2D eigenvalue weighted by molar-refractivity contribution is -0.117. The molecule has 0 unspecified atom stereocenters. The van der Waals surface area contributed by atoms with E-state index in [9.17, 15) is 4.79 Å². The van der Waals surface area contributed by atoms with Crippen LogP contribution in [0.3, 0.4) is 0 Å². The third-order valence-electron chi connectivity index (χ3n) is 4.04. The zero-order valence-corrected chi connectivity index (χ0v) is 14.2. The SMILES string of the molecule is COc1ccc(/C=C/C(=O)N[C@H]2CCCC[C@H]2C)cc1Br. The predicted molar refractivity (Wildman–Crippen MR) is 89.3 cm³/mol. The molecule has 2 rings (SSSR count). The van der Waals surface area contributed by atoms with Gasteiger partial charge in [0.25, 0.3) is 0 Å². The molecule has 1 aliphatic rings. The number of amides is 1. The standard InChI is InChI=1S/C17H22BrNO2/c1-12-5-3-4-6-15(12)19-17(20)10-8-13-7-9-16(21-2)14(18)11-13/h7-12,15H,3-6H2,1-2H3,(H,19,20)/b10-8+/t12-,15+/m1/s1. The molecule has 0 saturated heterocycles. The third kappa shape index (κ3) is 4.60. The van der Waals surface area contributed by atoms with Gasteiger partial charge in [0.1, 0.15) is 5.75 Å². The first kappa shape index (κ1) is 16.1. The van der Waals surface area contributed by atoms with Crippen LogP contribution in [0.2, 0.25) is 0 Å². The van der Waals surface area contributed by atoms with Crippen LogP contribution < -0.4 is 10.1 Å². The number of methoxy groups -OCH3 is 1. The summed E-state index contributed by atoms with van der Waals surface area (Å²) in [5, 5.41) is 3.11. The van der Waals surface area contributed by atoms with Crippen molar-refractivity contribution in [3.63, 3.8) is 0 Å². The van der Waals surface area contributed by atoms with E-state index in [1.165, 1.54) is 19.3 Å². The van der Waals surface area contributed by atoms with Crippen molar-refractivity contribution in [2.75, 3.05) is 7.11 Å². The molecule has 1 saturated carbocycles. The monoisotopic (exact) mass is 351 g/mol. The van der Waals surface area contributed by atoms with Gasteiger partial charge < -0.3 is 10.1 Å². The fourth-order valence-corrected chi connectivity index (χ4v) is 3.28. The molecule has 21 heavy (non-hydrogen) atoms. The summed E-state index contributed by atoms with van der Waals surface area (Å²) in [5.41, 5.74) is 0.967. The Labute approximate surface area is 134 Å². The van der Waals surface area contributed by atoms with Crippen molar-refractivity contribution in [3.05, 3.63) is 34.3 Å². The topological polar surface area (TPSA) is 38.3 Å². The van der Waals surface area contributed by atoms with Crippen LogP contribution in [0.5, 0.6) is 5.75 Å². The molecule has 0 aromatic heterocycles. The molecule has 3 nitrogen and oxygen atoms in total. The largest absolute Gasteiger partial charge is 0.496 e. The second-order valence-electron chi connectivity index (χ2n) is 5.60. The summed E-state index contributed by atoms with van der Waals surface area (Å²) in [4.78, 5) is 12.0. The van der Waals surface area contributed by atoms with Crippen molar-refractivity contribution in [1.82, 2.24) is 5.32 Å². The molecule has 0 bridgehead atoms. The van der Waals surface area contributed by atoms with E-state index in [1.807, 2.05) is 24.3 Å². The van der Waals surface area contributed by atoms with E-state index in [1.54, 1.807) is 13.2 Å². The third-order valence-corrected chi connectivity index (χ3v) is 4.66. The van der Waals surface area contributed by atoms with Crippen LogP contribution in [0, 0.1) is 5.92 Å². The average molecular weight is 352 g/mol. The zero-order chi connectivity index (χ0) is 15.2. The number of halogens is 1. The molecule has 0 radical (unpaired) electrons. The van der Waals surface area contributed by atoms with Crippen LogP contribution in [0.25, 0.3) is 6.08 Å². The van der Waals surface area contributed by atoms with E-state index in [4.69, 9.17) is 4.74 Å². The fraction of sp³-hybridized carbons (Fsp3) is 0.471.